The number of carbonyl (C=O) groups is 2. The number of nitrogens with zero attached hydrogens (tertiary/aromatic N) is 2. The van der Waals surface area contributed by atoms with Crippen molar-refractivity contribution < 1.29 is 19.2 Å². The summed E-state index contributed by atoms with van der Waals surface area (Å²) in [6.07, 6.45) is 4.45. The number of carbonyl (C=O) groups excluding carboxylic acids is 2. The van der Waals surface area contributed by atoms with Crippen LogP contribution < -0.4 is 0 Å². The molecule has 0 aliphatic heterocycles. The Labute approximate surface area is 182 Å². The van der Waals surface area contributed by atoms with Gasteiger partial charge in [-0.25, -0.2) is 0 Å². The lowest BCUT2D eigenvalue weighted by Gasteiger charge is -2.20. The second-order valence-electron chi connectivity index (χ2n) is 8.29. The van der Waals surface area contributed by atoms with Gasteiger partial charge >= 0.3 is 0 Å². The quantitative estimate of drug-likeness (QED) is 0.528. The number of aromatic nitrogens is 1. The number of benzene rings is 1. The van der Waals surface area contributed by atoms with Gasteiger partial charge in [-0.3, -0.25) is 14.6 Å². The SMILES string of the molecule is CCCN=C1CCCC(=O)C1=C(O)CCc1noc2c1C(=O)CC(c1ccccc1)C2. The summed E-state index contributed by atoms with van der Waals surface area (Å²) in [7, 11) is 0. The molecular weight excluding hydrogens is 392 g/mol. The lowest BCUT2D eigenvalue weighted by atomic mass is 9.81. The van der Waals surface area contributed by atoms with Crippen LogP contribution >= 0.6 is 0 Å². The first kappa shape index (κ1) is 21.2. The summed E-state index contributed by atoms with van der Waals surface area (Å²) in [6, 6.07) is 9.97. The third-order valence-corrected chi connectivity index (χ3v) is 6.05. The predicted molar refractivity (Wildman–Crippen MR) is 118 cm³/mol. The topological polar surface area (TPSA) is 92.8 Å². The van der Waals surface area contributed by atoms with Crippen molar-refractivity contribution in [3.8, 4) is 0 Å². The average molecular weight is 421 g/mol. The summed E-state index contributed by atoms with van der Waals surface area (Å²) < 4.78 is 5.52. The zero-order valence-electron chi connectivity index (χ0n) is 17.9. The minimum absolute atomic E-state index is 0.0254. The average Bonchev–Trinajstić information content (AvgIpc) is 3.20. The fourth-order valence-corrected chi connectivity index (χ4v) is 4.49. The molecule has 4 rings (SSSR count). The van der Waals surface area contributed by atoms with Crippen LogP contribution in [0, 0.1) is 0 Å². The third-order valence-electron chi connectivity index (χ3n) is 6.05. The fourth-order valence-electron chi connectivity index (χ4n) is 4.49. The molecule has 162 valence electrons. The van der Waals surface area contributed by atoms with Gasteiger partial charge in [-0.15, -0.1) is 0 Å². The number of Topliss-reactive ketones (excluding diaryl/α,β-unsaturated/α-hetero) is 2. The highest BCUT2D eigenvalue weighted by Crippen LogP contribution is 2.35. The molecular formula is C25H28N2O4. The molecule has 1 unspecified atom stereocenters. The van der Waals surface area contributed by atoms with E-state index in [0.29, 0.717) is 67.0 Å². The van der Waals surface area contributed by atoms with Crippen molar-refractivity contribution in [2.45, 2.75) is 64.2 Å². The van der Waals surface area contributed by atoms with Crippen LogP contribution in [-0.4, -0.2) is 34.1 Å². The van der Waals surface area contributed by atoms with E-state index in [1.165, 1.54) is 0 Å². The van der Waals surface area contributed by atoms with Crippen molar-refractivity contribution in [2.75, 3.05) is 6.54 Å². The lowest BCUT2D eigenvalue weighted by molar-refractivity contribution is -0.115. The molecule has 2 aromatic rings. The van der Waals surface area contributed by atoms with Crippen LogP contribution in [0.2, 0.25) is 0 Å². The molecule has 0 bridgehead atoms. The summed E-state index contributed by atoms with van der Waals surface area (Å²) in [6.45, 7) is 2.68. The standard InChI is InChI=1S/C25H28N2O4/c1-2-13-26-18-9-6-10-20(28)24(18)21(29)12-11-19-25-22(30)14-17(15-23(25)31-27-19)16-7-4-3-5-8-16/h3-5,7-8,17,29H,2,6,9-15H2,1H3. The van der Waals surface area contributed by atoms with Crippen LogP contribution in [0.3, 0.4) is 0 Å². The maximum absolute atomic E-state index is 12.9. The van der Waals surface area contributed by atoms with Gasteiger partial charge in [0.2, 0.25) is 0 Å². The minimum atomic E-state index is -0.0532. The number of aryl methyl sites for hydroxylation is 1. The molecule has 6 heteroatoms. The smallest absolute Gasteiger partial charge is 0.168 e. The number of ketones is 2. The maximum Gasteiger partial charge on any atom is 0.168 e. The number of allylic oxidation sites excluding steroid dienone is 2. The first-order valence-corrected chi connectivity index (χ1v) is 11.1. The Morgan fingerprint density at radius 3 is 2.74 bits per heavy atom. The number of aliphatic hydroxyl groups is 1. The van der Waals surface area contributed by atoms with E-state index in [-0.39, 0.29) is 29.7 Å². The third kappa shape index (κ3) is 4.53. The molecule has 1 N–H and O–H groups in total. The van der Waals surface area contributed by atoms with Crippen LogP contribution in [0.4, 0.5) is 0 Å². The normalized spacial score (nSPS) is 22.0. The Balaban J connectivity index is 1.51. The van der Waals surface area contributed by atoms with Crippen LogP contribution in [0.1, 0.15) is 78.7 Å². The van der Waals surface area contributed by atoms with Crippen LogP contribution in [0.25, 0.3) is 0 Å². The van der Waals surface area contributed by atoms with E-state index in [4.69, 9.17) is 4.52 Å². The van der Waals surface area contributed by atoms with Gasteiger partial charge in [0.1, 0.15) is 11.5 Å². The molecule has 0 radical (unpaired) electrons. The molecule has 1 heterocycles. The summed E-state index contributed by atoms with van der Waals surface area (Å²) in [5, 5.41) is 14.8. The highest BCUT2D eigenvalue weighted by Gasteiger charge is 2.33. The molecule has 0 saturated heterocycles. The fraction of sp³-hybridized carbons (Fsp3) is 0.440. The van der Waals surface area contributed by atoms with Gasteiger partial charge in [-0.1, -0.05) is 42.4 Å². The first-order valence-electron chi connectivity index (χ1n) is 11.1. The highest BCUT2D eigenvalue weighted by molar-refractivity contribution is 6.24. The van der Waals surface area contributed by atoms with E-state index in [1.54, 1.807) is 0 Å². The molecule has 0 spiro atoms. The number of hydrogen-bond acceptors (Lipinski definition) is 6. The van der Waals surface area contributed by atoms with Crippen molar-refractivity contribution in [3.05, 3.63) is 64.2 Å². The molecule has 1 aromatic heterocycles. The molecule has 1 atom stereocenters. The Hall–Kier alpha value is -3.02. The maximum atomic E-state index is 12.9. The number of fused-ring (bicyclic) bond motifs is 1. The molecule has 2 aliphatic carbocycles. The monoisotopic (exact) mass is 420 g/mol. The van der Waals surface area contributed by atoms with Gasteiger partial charge in [-0.2, -0.15) is 0 Å². The van der Waals surface area contributed by atoms with Gasteiger partial charge in [0, 0.05) is 44.4 Å². The van der Waals surface area contributed by atoms with Crippen molar-refractivity contribution >= 4 is 17.3 Å². The molecule has 1 saturated carbocycles. The first-order chi connectivity index (χ1) is 15.1. The van der Waals surface area contributed by atoms with Gasteiger partial charge in [-0.05, 0) is 30.7 Å². The largest absolute Gasteiger partial charge is 0.511 e. The van der Waals surface area contributed by atoms with Gasteiger partial charge < -0.3 is 9.63 Å². The predicted octanol–water partition coefficient (Wildman–Crippen LogP) is 4.94. The highest BCUT2D eigenvalue weighted by atomic mass is 16.5. The van der Waals surface area contributed by atoms with Gasteiger partial charge in [0.15, 0.2) is 11.6 Å². The molecule has 1 aromatic carbocycles. The van der Waals surface area contributed by atoms with Crippen molar-refractivity contribution in [1.82, 2.24) is 5.16 Å². The van der Waals surface area contributed by atoms with Crippen molar-refractivity contribution in [3.63, 3.8) is 0 Å². The molecule has 2 aliphatic rings. The van der Waals surface area contributed by atoms with Crippen LogP contribution in [-0.2, 0) is 17.6 Å². The zero-order valence-corrected chi connectivity index (χ0v) is 17.9. The summed E-state index contributed by atoms with van der Waals surface area (Å²) in [5.74, 6) is 0.725. The molecule has 1 fully saturated rings. The van der Waals surface area contributed by atoms with Crippen molar-refractivity contribution in [1.29, 1.82) is 0 Å². The van der Waals surface area contributed by atoms with E-state index >= 15 is 0 Å². The number of aliphatic hydroxyl groups excluding tert-OH is 1. The van der Waals surface area contributed by atoms with E-state index < -0.39 is 0 Å². The number of hydrogen-bond donors (Lipinski definition) is 1. The van der Waals surface area contributed by atoms with E-state index in [2.05, 4.69) is 10.1 Å². The molecule has 0 amide bonds. The summed E-state index contributed by atoms with van der Waals surface area (Å²) in [5.41, 5.74) is 3.32. The van der Waals surface area contributed by atoms with E-state index in [9.17, 15) is 14.7 Å². The Morgan fingerprint density at radius 1 is 1.16 bits per heavy atom. The second-order valence-corrected chi connectivity index (χ2v) is 8.29. The van der Waals surface area contributed by atoms with E-state index in [0.717, 1.165) is 18.4 Å². The van der Waals surface area contributed by atoms with Crippen LogP contribution in [0.5, 0.6) is 0 Å². The Morgan fingerprint density at radius 2 is 1.97 bits per heavy atom. The number of aliphatic imine (C=N–C) groups is 1. The molecule has 6 nitrogen and oxygen atoms in total. The zero-order chi connectivity index (χ0) is 21.8. The Kier molecular flexibility index (Phi) is 6.44. The minimum Gasteiger partial charge on any atom is -0.511 e. The van der Waals surface area contributed by atoms with Gasteiger partial charge in [0.25, 0.3) is 0 Å². The summed E-state index contributed by atoms with van der Waals surface area (Å²) >= 11 is 0. The molecule has 31 heavy (non-hydrogen) atoms. The van der Waals surface area contributed by atoms with Crippen LogP contribution in [0.15, 0.2) is 51.2 Å². The summed E-state index contributed by atoms with van der Waals surface area (Å²) in [4.78, 5) is 29.8. The second kappa shape index (κ2) is 9.41. The van der Waals surface area contributed by atoms with E-state index in [1.807, 2.05) is 37.3 Å². The number of rotatable bonds is 6. The lowest BCUT2D eigenvalue weighted by Crippen LogP contribution is -2.22. The van der Waals surface area contributed by atoms with Gasteiger partial charge in [0.05, 0.1) is 16.8 Å². The van der Waals surface area contributed by atoms with Crippen molar-refractivity contribution in [2.24, 2.45) is 4.99 Å². The Bertz CT molecular complexity index is 1030.